The average Bonchev–Trinajstić information content (AvgIpc) is 2.15. The first-order valence-corrected chi connectivity index (χ1v) is 4.48. The largest absolute Gasteiger partial charge is 0.480 e. The number of carboxylic acids is 1. The van der Waals surface area contributed by atoms with E-state index in [-0.39, 0.29) is 12.6 Å². The third-order valence-electron chi connectivity index (χ3n) is 2.19. The molecule has 0 spiro atoms. The minimum Gasteiger partial charge on any atom is -0.480 e. The van der Waals surface area contributed by atoms with Crippen LogP contribution in [0.25, 0.3) is 0 Å². The molecule has 1 rings (SSSR count). The van der Waals surface area contributed by atoms with Crippen LogP contribution in [0.2, 0.25) is 0 Å². The Morgan fingerprint density at radius 1 is 1.62 bits per heavy atom. The quantitative estimate of drug-likeness (QED) is 0.544. The molecule has 2 atom stereocenters. The summed E-state index contributed by atoms with van der Waals surface area (Å²) >= 11 is 0. The van der Waals surface area contributed by atoms with E-state index in [1.807, 2.05) is 6.08 Å². The Hall–Kier alpha value is -0.870. The van der Waals surface area contributed by atoms with Crippen LogP contribution < -0.4 is 5.32 Å². The highest BCUT2D eigenvalue weighted by Crippen LogP contribution is 2.10. The molecule has 0 heterocycles. The molecule has 4 nitrogen and oxygen atoms in total. The van der Waals surface area contributed by atoms with Gasteiger partial charge in [0.25, 0.3) is 0 Å². The van der Waals surface area contributed by atoms with Crippen LogP contribution >= 0.6 is 0 Å². The van der Waals surface area contributed by atoms with Crippen molar-refractivity contribution in [3.05, 3.63) is 12.2 Å². The molecule has 0 fully saturated rings. The number of hydrogen-bond acceptors (Lipinski definition) is 3. The number of carboxylic acid groups (broad SMARTS) is 1. The standard InChI is InChI=1S/C9H15NO3/c11-6-8(9(12)13)10-7-4-2-1-3-5-7/h1-2,7-8,10-11H,3-6H2,(H,12,13)/t7?,8-/m0/s1. The lowest BCUT2D eigenvalue weighted by Crippen LogP contribution is -2.45. The molecule has 0 aromatic carbocycles. The van der Waals surface area contributed by atoms with Gasteiger partial charge in [0, 0.05) is 6.04 Å². The number of rotatable bonds is 4. The molecule has 0 amide bonds. The normalized spacial score (nSPS) is 24.2. The fourth-order valence-electron chi connectivity index (χ4n) is 1.43. The summed E-state index contributed by atoms with van der Waals surface area (Å²) in [5, 5.41) is 20.3. The Labute approximate surface area is 77.3 Å². The fraction of sp³-hybridized carbons (Fsp3) is 0.667. The van der Waals surface area contributed by atoms with Crippen molar-refractivity contribution in [2.24, 2.45) is 0 Å². The molecular formula is C9H15NO3. The molecule has 3 N–H and O–H groups in total. The predicted octanol–water partition coefficient (Wildman–Crippen LogP) is 0.130. The molecule has 0 aromatic rings. The molecule has 13 heavy (non-hydrogen) atoms. The number of aliphatic hydroxyl groups excluding tert-OH is 1. The lowest BCUT2D eigenvalue weighted by atomic mass is 10.0. The van der Waals surface area contributed by atoms with Crippen molar-refractivity contribution in [1.29, 1.82) is 0 Å². The van der Waals surface area contributed by atoms with E-state index < -0.39 is 12.0 Å². The van der Waals surface area contributed by atoms with Crippen molar-refractivity contribution >= 4 is 5.97 Å². The first-order valence-electron chi connectivity index (χ1n) is 4.48. The highest BCUT2D eigenvalue weighted by Gasteiger charge is 2.20. The summed E-state index contributed by atoms with van der Waals surface area (Å²) in [6, 6.07) is -0.630. The minimum atomic E-state index is -0.989. The first kappa shape index (κ1) is 10.2. The van der Waals surface area contributed by atoms with E-state index in [1.165, 1.54) is 0 Å². The number of aliphatic hydroxyl groups is 1. The van der Waals surface area contributed by atoms with E-state index in [0.717, 1.165) is 19.3 Å². The van der Waals surface area contributed by atoms with Gasteiger partial charge >= 0.3 is 5.97 Å². The van der Waals surface area contributed by atoms with Crippen LogP contribution in [0.5, 0.6) is 0 Å². The van der Waals surface area contributed by atoms with Gasteiger partial charge in [0.1, 0.15) is 6.04 Å². The van der Waals surface area contributed by atoms with E-state index in [1.54, 1.807) is 0 Å². The Morgan fingerprint density at radius 2 is 2.38 bits per heavy atom. The summed E-state index contributed by atoms with van der Waals surface area (Å²) in [5.41, 5.74) is 0. The van der Waals surface area contributed by atoms with Crippen molar-refractivity contribution in [3.63, 3.8) is 0 Å². The van der Waals surface area contributed by atoms with Crippen molar-refractivity contribution in [2.45, 2.75) is 31.3 Å². The SMILES string of the molecule is O=C(O)[C@H](CO)NC1CC=CCC1. The van der Waals surface area contributed by atoms with E-state index in [4.69, 9.17) is 10.2 Å². The number of carbonyl (C=O) groups is 1. The second-order valence-corrected chi connectivity index (χ2v) is 3.22. The summed E-state index contributed by atoms with van der Waals surface area (Å²) in [4.78, 5) is 10.6. The number of allylic oxidation sites excluding steroid dienone is 1. The summed E-state index contributed by atoms with van der Waals surface area (Å²) in [6.45, 7) is -0.352. The lowest BCUT2D eigenvalue weighted by Gasteiger charge is -2.22. The van der Waals surface area contributed by atoms with E-state index in [9.17, 15) is 4.79 Å². The van der Waals surface area contributed by atoms with E-state index >= 15 is 0 Å². The minimum absolute atomic E-state index is 0.193. The highest BCUT2D eigenvalue weighted by atomic mass is 16.4. The third kappa shape index (κ3) is 3.16. The molecule has 0 saturated heterocycles. The second-order valence-electron chi connectivity index (χ2n) is 3.22. The monoisotopic (exact) mass is 185 g/mol. The van der Waals surface area contributed by atoms with Gasteiger partial charge in [0.05, 0.1) is 6.61 Å². The van der Waals surface area contributed by atoms with Crippen molar-refractivity contribution in [3.8, 4) is 0 Å². The number of aliphatic carboxylic acids is 1. The third-order valence-corrected chi connectivity index (χ3v) is 2.19. The number of nitrogens with one attached hydrogen (secondary N) is 1. The smallest absolute Gasteiger partial charge is 0.323 e. The van der Waals surface area contributed by atoms with E-state index in [0.29, 0.717) is 0 Å². The van der Waals surface area contributed by atoms with Crippen molar-refractivity contribution in [1.82, 2.24) is 5.32 Å². The zero-order valence-electron chi connectivity index (χ0n) is 7.44. The molecule has 1 aliphatic rings. The van der Waals surface area contributed by atoms with Crippen LogP contribution in [0.1, 0.15) is 19.3 Å². The molecule has 1 unspecified atom stereocenters. The molecule has 0 saturated carbocycles. The van der Waals surface area contributed by atoms with Gasteiger partial charge in [-0.05, 0) is 19.3 Å². The van der Waals surface area contributed by atoms with Gasteiger partial charge < -0.3 is 10.2 Å². The van der Waals surface area contributed by atoms with Crippen LogP contribution in [0.3, 0.4) is 0 Å². The van der Waals surface area contributed by atoms with Crippen LogP contribution in [0, 0.1) is 0 Å². The second kappa shape index (κ2) is 4.99. The summed E-state index contributed by atoms with van der Waals surface area (Å²) in [7, 11) is 0. The predicted molar refractivity (Wildman–Crippen MR) is 48.4 cm³/mol. The number of hydrogen-bond donors (Lipinski definition) is 3. The van der Waals surface area contributed by atoms with Gasteiger partial charge in [-0.3, -0.25) is 10.1 Å². The molecule has 0 aliphatic heterocycles. The summed E-state index contributed by atoms with van der Waals surface area (Å²) < 4.78 is 0. The maximum Gasteiger partial charge on any atom is 0.323 e. The van der Waals surface area contributed by atoms with Crippen LogP contribution in [-0.2, 0) is 4.79 Å². The molecule has 0 bridgehead atoms. The average molecular weight is 185 g/mol. The zero-order valence-corrected chi connectivity index (χ0v) is 7.44. The first-order chi connectivity index (χ1) is 6.24. The van der Waals surface area contributed by atoms with Crippen molar-refractivity contribution in [2.75, 3.05) is 6.61 Å². The zero-order chi connectivity index (χ0) is 9.68. The summed E-state index contributed by atoms with van der Waals surface area (Å²) in [6.07, 6.45) is 6.91. The Balaban J connectivity index is 2.36. The van der Waals surface area contributed by atoms with Gasteiger partial charge in [-0.25, -0.2) is 0 Å². The molecule has 1 aliphatic carbocycles. The van der Waals surface area contributed by atoms with Crippen molar-refractivity contribution < 1.29 is 15.0 Å². The maximum absolute atomic E-state index is 10.6. The molecule has 4 heteroatoms. The Kier molecular flexibility index (Phi) is 3.92. The summed E-state index contributed by atoms with van der Waals surface area (Å²) in [5.74, 6) is -0.989. The Bertz CT molecular complexity index is 203. The van der Waals surface area contributed by atoms with Gasteiger partial charge in [0.15, 0.2) is 0 Å². The fourth-order valence-corrected chi connectivity index (χ4v) is 1.43. The maximum atomic E-state index is 10.6. The molecule has 0 radical (unpaired) electrons. The van der Waals surface area contributed by atoms with Crippen LogP contribution in [-0.4, -0.2) is 34.9 Å². The van der Waals surface area contributed by atoms with Crippen LogP contribution in [0.15, 0.2) is 12.2 Å². The van der Waals surface area contributed by atoms with Gasteiger partial charge in [-0.1, -0.05) is 12.2 Å². The highest BCUT2D eigenvalue weighted by molar-refractivity contribution is 5.73. The molecule has 74 valence electrons. The molecule has 0 aromatic heterocycles. The Morgan fingerprint density at radius 3 is 2.85 bits per heavy atom. The van der Waals surface area contributed by atoms with Gasteiger partial charge in [-0.15, -0.1) is 0 Å². The molecular weight excluding hydrogens is 170 g/mol. The van der Waals surface area contributed by atoms with Crippen LogP contribution in [0.4, 0.5) is 0 Å². The van der Waals surface area contributed by atoms with Gasteiger partial charge in [-0.2, -0.15) is 0 Å². The lowest BCUT2D eigenvalue weighted by molar-refractivity contribution is -0.140. The van der Waals surface area contributed by atoms with E-state index in [2.05, 4.69) is 11.4 Å². The van der Waals surface area contributed by atoms with Gasteiger partial charge in [0.2, 0.25) is 0 Å². The topological polar surface area (TPSA) is 69.6 Å².